The maximum Gasteiger partial charge on any atom is 0.243 e. The monoisotopic (exact) mass is 305 g/mol. The zero-order valence-electron chi connectivity index (χ0n) is 12.2. The molecular weight excluding hydrogens is 278 g/mol. The Hall–Kier alpha value is -0.810. The fourth-order valence-corrected chi connectivity index (χ4v) is 2.70. The summed E-state index contributed by atoms with van der Waals surface area (Å²) in [6.45, 7) is 0.705. The second-order valence-electron chi connectivity index (χ2n) is 5.51. The van der Waals surface area contributed by atoms with Crippen LogP contribution < -0.4 is 16.8 Å². The maximum atomic E-state index is 11.9. The van der Waals surface area contributed by atoms with Crippen LogP contribution in [0.25, 0.3) is 0 Å². The first-order chi connectivity index (χ1) is 9.10. The van der Waals surface area contributed by atoms with E-state index in [1.54, 1.807) is 0 Å². The van der Waals surface area contributed by atoms with Crippen molar-refractivity contribution >= 4 is 24.2 Å². The molecule has 1 fully saturated rings. The number of rotatable bonds is 8. The van der Waals surface area contributed by atoms with Crippen LogP contribution >= 0.6 is 12.4 Å². The number of nitrogens with one attached hydrogen (secondary N) is 1. The van der Waals surface area contributed by atoms with E-state index >= 15 is 0 Å². The minimum absolute atomic E-state index is 0. The Morgan fingerprint density at radius 1 is 1.00 bits per heavy atom. The summed E-state index contributed by atoms with van der Waals surface area (Å²) >= 11 is 0. The van der Waals surface area contributed by atoms with E-state index in [0.29, 0.717) is 25.8 Å². The van der Waals surface area contributed by atoms with Crippen molar-refractivity contribution in [3.8, 4) is 0 Å². The average Bonchev–Trinajstić information content (AvgIpc) is 2.39. The lowest BCUT2D eigenvalue weighted by Crippen LogP contribution is -2.58. The standard InChI is InChI=1S/C14H27N3O2.ClH/c15-11-7-2-1-4-8-12(18)17-14(13(16)19)9-5-3-6-10-14;/h1-11,15H2,(H2,16,19)(H,17,18);1H. The summed E-state index contributed by atoms with van der Waals surface area (Å²) in [5, 5.41) is 2.88. The van der Waals surface area contributed by atoms with Crippen LogP contribution in [0.1, 0.15) is 64.2 Å². The van der Waals surface area contributed by atoms with Gasteiger partial charge in [0, 0.05) is 6.42 Å². The van der Waals surface area contributed by atoms with E-state index < -0.39 is 5.54 Å². The SMILES string of the molecule is Cl.NCCCCCCC(=O)NC1(C(N)=O)CCCCC1. The molecule has 0 spiro atoms. The summed E-state index contributed by atoms with van der Waals surface area (Å²) in [4.78, 5) is 23.5. The largest absolute Gasteiger partial charge is 0.368 e. The zero-order chi connectivity index (χ0) is 14.1. The Morgan fingerprint density at radius 2 is 1.60 bits per heavy atom. The first-order valence-electron chi connectivity index (χ1n) is 7.42. The van der Waals surface area contributed by atoms with E-state index in [-0.39, 0.29) is 24.2 Å². The smallest absolute Gasteiger partial charge is 0.243 e. The molecule has 118 valence electrons. The molecule has 2 amide bonds. The van der Waals surface area contributed by atoms with Gasteiger partial charge in [0.05, 0.1) is 0 Å². The lowest BCUT2D eigenvalue weighted by molar-refractivity contribution is -0.133. The minimum Gasteiger partial charge on any atom is -0.368 e. The van der Waals surface area contributed by atoms with Crippen molar-refractivity contribution in [2.75, 3.05) is 6.54 Å². The molecule has 5 N–H and O–H groups in total. The summed E-state index contributed by atoms with van der Waals surface area (Å²) in [5.74, 6) is -0.433. The van der Waals surface area contributed by atoms with Gasteiger partial charge in [-0.15, -0.1) is 12.4 Å². The number of unbranched alkanes of at least 4 members (excludes halogenated alkanes) is 3. The molecule has 0 unspecified atom stereocenters. The summed E-state index contributed by atoms with van der Waals surface area (Å²) in [7, 11) is 0. The lowest BCUT2D eigenvalue weighted by Gasteiger charge is -2.35. The van der Waals surface area contributed by atoms with Crippen LogP contribution in [-0.2, 0) is 9.59 Å². The van der Waals surface area contributed by atoms with Gasteiger partial charge in [0.15, 0.2) is 0 Å². The Balaban J connectivity index is 0.00000361. The first kappa shape index (κ1) is 19.2. The van der Waals surface area contributed by atoms with Crippen LogP contribution in [0.4, 0.5) is 0 Å². The molecule has 6 heteroatoms. The van der Waals surface area contributed by atoms with Crippen molar-refractivity contribution in [3.63, 3.8) is 0 Å². The third-order valence-electron chi connectivity index (χ3n) is 3.92. The first-order valence-corrected chi connectivity index (χ1v) is 7.42. The van der Waals surface area contributed by atoms with Crippen molar-refractivity contribution in [1.29, 1.82) is 0 Å². The number of hydrogen-bond donors (Lipinski definition) is 3. The van der Waals surface area contributed by atoms with Gasteiger partial charge >= 0.3 is 0 Å². The van der Waals surface area contributed by atoms with Crippen LogP contribution in [0.15, 0.2) is 0 Å². The Bertz CT molecular complexity index is 305. The topological polar surface area (TPSA) is 98.2 Å². The highest BCUT2D eigenvalue weighted by Gasteiger charge is 2.38. The molecule has 0 bridgehead atoms. The number of carbonyl (C=O) groups excluding carboxylic acids is 2. The molecule has 0 aromatic rings. The summed E-state index contributed by atoms with van der Waals surface area (Å²) in [6.07, 6.45) is 8.79. The van der Waals surface area contributed by atoms with Gasteiger partial charge in [0.25, 0.3) is 0 Å². The van der Waals surface area contributed by atoms with Gasteiger partial charge in [0.1, 0.15) is 5.54 Å². The average molecular weight is 306 g/mol. The number of primary amides is 1. The summed E-state index contributed by atoms with van der Waals surface area (Å²) < 4.78 is 0. The number of halogens is 1. The number of hydrogen-bond acceptors (Lipinski definition) is 3. The van der Waals surface area contributed by atoms with Gasteiger partial charge in [-0.1, -0.05) is 32.1 Å². The highest BCUT2D eigenvalue weighted by Crippen LogP contribution is 2.28. The van der Waals surface area contributed by atoms with Crippen molar-refractivity contribution < 1.29 is 9.59 Å². The van der Waals surface area contributed by atoms with Gasteiger partial charge in [-0.05, 0) is 32.2 Å². The van der Waals surface area contributed by atoms with Crippen molar-refractivity contribution in [2.45, 2.75) is 69.7 Å². The fraction of sp³-hybridized carbons (Fsp3) is 0.857. The predicted octanol–water partition coefficient (Wildman–Crippen LogP) is 1.62. The highest BCUT2D eigenvalue weighted by molar-refractivity contribution is 5.90. The number of amides is 2. The van der Waals surface area contributed by atoms with Gasteiger partial charge in [-0.25, -0.2) is 0 Å². The van der Waals surface area contributed by atoms with Crippen molar-refractivity contribution in [1.82, 2.24) is 5.32 Å². The van der Waals surface area contributed by atoms with Crippen LogP contribution in [0.5, 0.6) is 0 Å². The van der Waals surface area contributed by atoms with Crippen molar-refractivity contribution in [3.05, 3.63) is 0 Å². The Morgan fingerprint density at radius 3 is 2.15 bits per heavy atom. The third kappa shape index (κ3) is 6.09. The van der Waals surface area contributed by atoms with E-state index in [1.165, 1.54) is 0 Å². The molecule has 0 aromatic heterocycles. The second kappa shape index (κ2) is 10.00. The molecule has 0 heterocycles. The van der Waals surface area contributed by atoms with Crippen LogP contribution in [0.3, 0.4) is 0 Å². The highest BCUT2D eigenvalue weighted by atomic mass is 35.5. The van der Waals surface area contributed by atoms with Gasteiger partial charge in [0.2, 0.25) is 11.8 Å². The molecule has 5 nitrogen and oxygen atoms in total. The molecule has 20 heavy (non-hydrogen) atoms. The molecule has 0 aromatic carbocycles. The maximum absolute atomic E-state index is 11.9. The normalized spacial score (nSPS) is 17.1. The lowest BCUT2D eigenvalue weighted by atomic mass is 9.81. The molecule has 0 saturated heterocycles. The number of carbonyl (C=O) groups is 2. The molecule has 1 saturated carbocycles. The van der Waals surface area contributed by atoms with Crippen LogP contribution in [-0.4, -0.2) is 23.9 Å². The second-order valence-corrected chi connectivity index (χ2v) is 5.51. The molecule has 1 aliphatic rings. The molecule has 0 atom stereocenters. The predicted molar refractivity (Wildman–Crippen MR) is 82.5 cm³/mol. The summed E-state index contributed by atoms with van der Waals surface area (Å²) in [6, 6.07) is 0. The van der Waals surface area contributed by atoms with E-state index in [4.69, 9.17) is 11.5 Å². The molecule has 1 aliphatic carbocycles. The van der Waals surface area contributed by atoms with Crippen LogP contribution in [0, 0.1) is 0 Å². The third-order valence-corrected chi connectivity index (χ3v) is 3.92. The molecule has 1 rings (SSSR count). The summed E-state index contributed by atoms with van der Waals surface area (Å²) in [5.41, 5.74) is 10.1. The van der Waals surface area contributed by atoms with Crippen molar-refractivity contribution in [2.24, 2.45) is 11.5 Å². The Labute approximate surface area is 127 Å². The van der Waals surface area contributed by atoms with Crippen LogP contribution in [0.2, 0.25) is 0 Å². The molecule has 0 aliphatic heterocycles. The quantitative estimate of drug-likeness (QED) is 0.594. The van der Waals surface area contributed by atoms with E-state index in [2.05, 4.69) is 5.32 Å². The van der Waals surface area contributed by atoms with Gasteiger partial charge < -0.3 is 16.8 Å². The minimum atomic E-state index is -0.785. The van der Waals surface area contributed by atoms with Gasteiger partial charge in [-0.2, -0.15) is 0 Å². The molecule has 0 radical (unpaired) electrons. The van der Waals surface area contributed by atoms with E-state index in [0.717, 1.165) is 44.9 Å². The van der Waals surface area contributed by atoms with E-state index in [9.17, 15) is 9.59 Å². The number of nitrogens with two attached hydrogens (primary N) is 2. The Kier molecular flexibility index (Phi) is 9.59. The zero-order valence-corrected chi connectivity index (χ0v) is 13.0. The van der Waals surface area contributed by atoms with Gasteiger partial charge in [-0.3, -0.25) is 9.59 Å². The van der Waals surface area contributed by atoms with E-state index in [1.807, 2.05) is 0 Å². The molecular formula is C14H28ClN3O2. The fourth-order valence-electron chi connectivity index (χ4n) is 2.70.